The van der Waals surface area contributed by atoms with Gasteiger partial charge in [0.15, 0.2) is 0 Å². The van der Waals surface area contributed by atoms with E-state index in [0.29, 0.717) is 13.0 Å². The van der Waals surface area contributed by atoms with Gasteiger partial charge in [-0.3, -0.25) is 10.2 Å². The van der Waals surface area contributed by atoms with Crippen molar-refractivity contribution in [2.75, 3.05) is 6.54 Å². The molecular formula is C11H12N2O3. The van der Waals surface area contributed by atoms with Gasteiger partial charge in [-0.05, 0) is 10.7 Å². The second-order valence-corrected chi connectivity index (χ2v) is 3.51. The molecular weight excluding hydrogens is 208 g/mol. The minimum atomic E-state index is -0.381. The first-order chi connectivity index (χ1) is 7.74. The summed E-state index contributed by atoms with van der Waals surface area (Å²) in [6.07, 6.45) is 0.561. The Morgan fingerprint density at radius 2 is 2.12 bits per heavy atom. The fraction of sp³-hybridized carbons (Fsp3) is 0.273. The molecule has 5 heteroatoms. The van der Waals surface area contributed by atoms with E-state index in [-0.39, 0.29) is 18.3 Å². The summed E-state index contributed by atoms with van der Waals surface area (Å²) in [4.78, 5) is 27.3. The van der Waals surface area contributed by atoms with Crippen LogP contribution >= 0.6 is 0 Å². The highest BCUT2D eigenvalue weighted by molar-refractivity contribution is 5.78. The molecule has 2 rings (SSSR count). The van der Waals surface area contributed by atoms with E-state index in [0.717, 1.165) is 5.56 Å². The lowest BCUT2D eigenvalue weighted by Crippen LogP contribution is -2.35. The zero-order valence-electron chi connectivity index (χ0n) is 8.68. The molecule has 1 amide bonds. The predicted molar refractivity (Wildman–Crippen MR) is 55.7 cm³/mol. The van der Waals surface area contributed by atoms with Crippen molar-refractivity contribution >= 4 is 11.9 Å². The van der Waals surface area contributed by atoms with Crippen molar-refractivity contribution < 1.29 is 14.4 Å². The largest absolute Gasteiger partial charge is 0.348 e. The van der Waals surface area contributed by atoms with Crippen molar-refractivity contribution in [1.82, 2.24) is 10.6 Å². The average Bonchev–Trinajstić information content (AvgIpc) is 2.65. The molecule has 0 saturated carbocycles. The van der Waals surface area contributed by atoms with E-state index in [4.69, 9.17) is 4.84 Å². The second kappa shape index (κ2) is 4.76. The Morgan fingerprint density at radius 1 is 1.38 bits per heavy atom. The van der Waals surface area contributed by atoms with Crippen molar-refractivity contribution in [2.24, 2.45) is 0 Å². The number of rotatable bonds is 3. The van der Waals surface area contributed by atoms with Crippen LogP contribution in [0.4, 0.5) is 0 Å². The molecule has 1 heterocycles. The molecule has 1 fully saturated rings. The van der Waals surface area contributed by atoms with Crippen molar-refractivity contribution in [3.8, 4) is 0 Å². The monoisotopic (exact) mass is 220 g/mol. The summed E-state index contributed by atoms with van der Waals surface area (Å²) in [6.45, 7) is 0.402. The quantitative estimate of drug-likeness (QED) is 0.802. The van der Waals surface area contributed by atoms with Crippen LogP contribution in [0, 0.1) is 0 Å². The Morgan fingerprint density at radius 3 is 2.75 bits per heavy atom. The Hall–Kier alpha value is -1.88. The molecule has 0 aromatic heterocycles. The van der Waals surface area contributed by atoms with Crippen LogP contribution in [0.3, 0.4) is 0 Å². The molecule has 1 aromatic carbocycles. The number of benzene rings is 1. The summed E-state index contributed by atoms with van der Waals surface area (Å²) in [5.41, 5.74) is 3.31. The van der Waals surface area contributed by atoms with Gasteiger partial charge in [-0.15, -0.1) is 0 Å². The molecule has 1 saturated heterocycles. The van der Waals surface area contributed by atoms with Crippen LogP contribution < -0.4 is 5.43 Å². The summed E-state index contributed by atoms with van der Waals surface area (Å²) in [7, 11) is 0. The van der Waals surface area contributed by atoms with Crippen LogP contribution in [0.1, 0.15) is 12.0 Å². The van der Waals surface area contributed by atoms with Gasteiger partial charge < -0.3 is 4.84 Å². The first-order valence-corrected chi connectivity index (χ1v) is 5.06. The van der Waals surface area contributed by atoms with E-state index in [2.05, 4.69) is 5.43 Å². The number of nitrogens with zero attached hydrogens (tertiary/aromatic N) is 1. The highest BCUT2D eigenvalue weighted by atomic mass is 16.7. The lowest BCUT2D eigenvalue weighted by atomic mass is 10.2. The topological polar surface area (TPSA) is 58.6 Å². The number of hydrazine groups is 1. The first-order valence-electron chi connectivity index (χ1n) is 5.06. The molecule has 1 N–H and O–H groups in total. The minimum Gasteiger partial charge on any atom is -0.348 e. The van der Waals surface area contributed by atoms with Crippen LogP contribution in [-0.2, 0) is 20.8 Å². The molecule has 5 nitrogen and oxygen atoms in total. The third kappa shape index (κ3) is 2.80. The molecule has 0 aliphatic carbocycles. The van der Waals surface area contributed by atoms with Crippen LogP contribution in [0.5, 0.6) is 0 Å². The number of hydroxylamine groups is 1. The Bertz CT molecular complexity index is 391. The van der Waals surface area contributed by atoms with Gasteiger partial charge in [-0.2, -0.15) is 0 Å². The van der Waals surface area contributed by atoms with Gasteiger partial charge in [-0.25, -0.2) is 4.79 Å². The fourth-order valence-corrected chi connectivity index (χ4v) is 1.44. The molecule has 0 spiro atoms. The average molecular weight is 220 g/mol. The number of hydrogen-bond acceptors (Lipinski definition) is 4. The number of nitrogens with one attached hydrogen (secondary N) is 1. The van der Waals surface area contributed by atoms with Gasteiger partial charge in [0.25, 0.3) is 0 Å². The van der Waals surface area contributed by atoms with Gasteiger partial charge in [0.05, 0.1) is 13.0 Å². The lowest BCUT2D eigenvalue weighted by Gasteiger charge is -2.13. The predicted octanol–water partition coefficient (Wildman–Crippen LogP) is 0.424. The number of hydrogen-bond donors (Lipinski definition) is 1. The number of carbonyl (C=O) groups is 2. The van der Waals surface area contributed by atoms with E-state index in [9.17, 15) is 9.59 Å². The molecule has 1 aliphatic heterocycles. The summed E-state index contributed by atoms with van der Waals surface area (Å²) < 4.78 is 0. The lowest BCUT2D eigenvalue weighted by molar-refractivity contribution is -0.197. The van der Waals surface area contributed by atoms with E-state index >= 15 is 0 Å². The van der Waals surface area contributed by atoms with E-state index in [1.165, 1.54) is 5.17 Å². The van der Waals surface area contributed by atoms with Gasteiger partial charge >= 0.3 is 5.97 Å². The van der Waals surface area contributed by atoms with Crippen molar-refractivity contribution in [3.63, 3.8) is 0 Å². The molecule has 1 aromatic rings. The van der Waals surface area contributed by atoms with Crippen molar-refractivity contribution in [2.45, 2.75) is 12.8 Å². The summed E-state index contributed by atoms with van der Waals surface area (Å²) in [6, 6.07) is 9.31. The van der Waals surface area contributed by atoms with Crippen LogP contribution in [0.2, 0.25) is 0 Å². The van der Waals surface area contributed by atoms with E-state index in [1.807, 2.05) is 30.3 Å². The summed E-state index contributed by atoms with van der Waals surface area (Å²) in [5, 5.41) is 1.17. The fourth-order valence-electron chi connectivity index (χ4n) is 1.44. The molecule has 16 heavy (non-hydrogen) atoms. The van der Waals surface area contributed by atoms with Gasteiger partial charge in [0.2, 0.25) is 5.91 Å². The van der Waals surface area contributed by atoms with Crippen LogP contribution in [-0.4, -0.2) is 23.6 Å². The number of carbonyl (C=O) groups excluding carboxylic acids is 2. The third-order valence-corrected chi connectivity index (χ3v) is 2.19. The Labute approximate surface area is 92.9 Å². The van der Waals surface area contributed by atoms with Gasteiger partial charge in [0, 0.05) is 6.42 Å². The molecule has 0 atom stereocenters. The highest BCUT2D eigenvalue weighted by Crippen LogP contribution is 2.04. The molecule has 1 aliphatic rings. The van der Waals surface area contributed by atoms with E-state index in [1.54, 1.807) is 0 Å². The van der Waals surface area contributed by atoms with E-state index < -0.39 is 0 Å². The van der Waals surface area contributed by atoms with Crippen LogP contribution in [0.15, 0.2) is 30.3 Å². The van der Waals surface area contributed by atoms with Crippen LogP contribution in [0.25, 0.3) is 0 Å². The second-order valence-electron chi connectivity index (χ2n) is 3.51. The first kappa shape index (κ1) is 10.6. The third-order valence-electron chi connectivity index (χ3n) is 2.19. The molecule has 0 bridgehead atoms. The molecule has 0 radical (unpaired) electrons. The van der Waals surface area contributed by atoms with Crippen molar-refractivity contribution in [1.29, 1.82) is 0 Å². The highest BCUT2D eigenvalue weighted by Gasteiger charge is 2.21. The maximum Gasteiger partial charge on any atom is 0.331 e. The zero-order chi connectivity index (χ0) is 11.4. The smallest absolute Gasteiger partial charge is 0.331 e. The van der Waals surface area contributed by atoms with Gasteiger partial charge in [-0.1, -0.05) is 30.3 Å². The molecule has 0 unspecified atom stereocenters. The standard InChI is InChI=1S/C11H12N2O3/c14-10-6-7-13(12-10)16-11(15)8-9-4-2-1-3-5-9/h1-5H,6-8H2,(H,12,14). The Kier molecular flexibility index (Phi) is 3.16. The Balaban J connectivity index is 1.83. The summed E-state index contributed by atoms with van der Waals surface area (Å²) >= 11 is 0. The maximum absolute atomic E-state index is 11.5. The maximum atomic E-state index is 11.5. The normalized spacial score (nSPS) is 15.9. The minimum absolute atomic E-state index is 0.132. The molecule has 84 valence electrons. The zero-order valence-corrected chi connectivity index (χ0v) is 8.68. The SMILES string of the molecule is O=C1CCN(OC(=O)Cc2ccccc2)N1. The van der Waals surface area contributed by atoms with Crippen molar-refractivity contribution in [3.05, 3.63) is 35.9 Å². The van der Waals surface area contributed by atoms with Gasteiger partial charge in [0.1, 0.15) is 0 Å². The summed E-state index contributed by atoms with van der Waals surface area (Å²) in [5.74, 6) is -0.513. The number of amides is 1.